The first-order chi connectivity index (χ1) is 8.36. The Balaban J connectivity index is 2.28. The third kappa shape index (κ3) is 2.81. The van der Waals surface area contributed by atoms with Gasteiger partial charge in [0.05, 0.1) is 22.7 Å². The fourth-order valence-electron chi connectivity index (χ4n) is 1.55. The van der Waals surface area contributed by atoms with Crippen molar-refractivity contribution in [1.29, 1.82) is 0 Å². The van der Waals surface area contributed by atoms with E-state index in [0.29, 0.717) is 16.9 Å². The zero-order chi connectivity index (χ0) is 13.3. The molecule has 1 aromatic heterocycles. The maximum Gasteiger partial charge on any atom is 0.416 e. The number of imidazole rings is 1. The average Bonchev–Trinajstić information content (AvgIpc) is 2.66. The van der Waals surface area contributed by atoms with Gasteiger partial charge in [-0.2, -0.15) is 13.2 Å². The van der Waals surface area contributed by atoms with Crippen LogP contribution in [0.15, 0.2) is 18.2 Å². The molecule has 1 heterocycles. The van der Waals surface area contributed by atoms with Crippen LogP contribution in [0.3, 0.4) is 0 Å². The molecule has 0 aliphatic carbocycles. The van der Waals surface area contributed by atoms with Crippen molar-refractivity contribution in [3.8, 4) is 0 Å². The molecule has 0 bridgehead atoms. The minimum atomic E-state index is -4.34. The Labute approximate surface area is 102 Å². The highest BCUT2D eigenvalue weighted by atomic mass is 19.4. The molecule has 1 aromatic carbocycles. The summed E-state index contributed by atoms with van der Waals surface area (Å²) in [6, 6.07) is 3.44. The van der Waals surface area contributed by atoms with Gasteiger partial charge in [-0.25, -0.2) is 4.98 Å². The highest BCUT2D eigenvalue weighted by Crippen LogP contribution is 2.30. The highest BCUT2D eigenvalue weighted by molar-refractivity contribution is 5.76. The van der Waals surface area contributed by atoms with Gasteiger partial charge in [-0.1, -0.05) is 0 Å². The maximum atomic E-state index is 12.5. The molecule has 6 heteroatoms. The van der Waals surface area contributed by atoms with Crippen LogP contribution in [0.4, 0.5) is 13.2 Å². The average molecular weight is 258 g/mol. The fourth-order valence-corrected chi connectivity index (χ4v) is 1.55. The molecular formula is C12H13F3N2O. The summed E-state index contributed by atoms with van der Waals surface area (Å²) in [4.78, 5) is 6.99. The van der Waals surface area contributed by atoms with E-state index in [1.54, 1.807) is 0 Å². The zero-order valence-corrected chi connectivity index (χ0v) is 10.0. The van der Waals surface area contributed by atoms with Gasteiger partial charge in [0, 0.05) is 0 Å². The zero-order valence-electron chi connectivity index (χ0n) is 10.0. The van der Waals surface area contributed by atoms with Crippen molar-refractivity contribution in [1.82, 2.24) is 9.97 Å². The number of nitrogens with zero attached hydrogens (tertiary/aromatic N) is 1. The quantitative estimate of drug-likeness (QED) is 0.914. The number of fused-ring (bicyclic) bond motifs is 1. The molecule has 0 fully saturated rings. The second-order valence-electron chi connectivity index (χ2n) is 4.27. The van der Waals surface area contributed by atoms with Crippen LogP contribution < -0.4 is 0 Å². The third-order valence-corrected chi connectivity index (χ3v) is 2.41. The molecule has 0 spiro atoms. The minimum Gasteiger partial charge on any atom is -0.371 e. The van der Waals surface area contributed by atoms with Crippen LogP contribution >= 0.6 is 0 Å². The number of H-pyrrole nitrogens is 1. The molecule has 0 amide bonds. The van der Waals surface area contributed by atoms with E-state index in [2.05, 4.69) is 9.97 Å². The van der Waals surface area contributed by atoms with Crippen molar-refractivity contribution < 1.29 is 17.9 Å². The van der Waals surface area contributed by atoms with Crippen LogP contribution in [0.1, 0.15) is 25.2 Å². The molecule has 2 rings (SSSR count). The van der Waals surface area contributed by atoms with Crippen LogP contribution in [-0.2, 0) is 17.5 Å². The van der Waals surface area contributed by atoms with Crippen LogP contribution in [0, 0.1) is 0 Å². The summed E-state index contributed by atoms with van der Waals surface area (Å²) >= 11 is 0. The second kappa shape index (κ2) is 4.61. The molecule has 0 saturated carbocycles. The molecule has 0 aliphatic heterocycles. The van der Waals surface area contributed by atoms with Gasteiger partial charge < -0.3 is 9.72 Å². The SMILES string of the molecule is CC(C)OCc1nc2ccc(C(F)(F)F)cc2[nH]1. The molecular weight excluding hydrogens is 245 g/mol. The van der Waals surface area contributed by atoms with E-state index >= 15 is 0 Å². The van der Waals surface area contributed by atoms with Crippen molar-refractivity contribution in [2.75, 3.05) is 0 Å². The smallest absolute Gasteiger partial charge is 0.371 e. The van der Waals surface area contributed by atoms with Crippen molar-refractivity contribution in [3.63, 3.8) is 0 Å². The van der Waals surface area contributed by atoms with Gasteiger partial charge in [-0.05, 0) is 32.0 Å². The Morgan fingerprint density at radius 3 is 2.67 bits per heavy atom. The molecule has 3 nitrogen and oxygen atoms in total. The molecule has 0 saturated heterocycles. The largest absolute Gasteiger partial charge is 0.416 e. The normalized spacial score (nSPS) is 12.6. The summed E-state index contributed by atoms with van der Waals surface area (Å²) in [6.07, 6.45) is -4.29. The van der Waals surface area contributed by atoms with Crippen molar-refractivity contribution in [2.24, 2.45) is 0 Å². The van der Waals surface area contributed by atoms with Gasteiger partial charge >= 0.3 is 6.18 Å². The predicted octanol–water partition coefficient (Wildman–Crippen LogP) is 3.51. The van der Waals surface area contributed by atoms with E-state index in [1.807, 2.05) is 13.8 Å². The number of benzene rings is 1. The second-order valence-corrected chi connectivity index (χ2v) is 4.27. The van der Waals surface area contributed by atoms with Gasteiger partial charge in [-0.15, -0.1) is 0 Å². The maximum absolute atomic E-state index is 12.5. The third-order valence-electron chi connectivity index (χ3n) is 2.41. The lowest BCUT2D eigenvalue weighted by molar-refractivity contribution is -0.137. The molecule has 1 N–H and O–H groups in total. The molecule has 0 unspecified atom stereocenters. The highest BCUT2D eigenvalue weighted by Gasteiger charge is 2.30. The summed E-state index contributed by atoms with van der Waals surface area (Å²) in [7, 11) is 0. The summed E-state index contributed by atoms with van der Waals surface area (Å²) < 4.78 is 42.9. The molecule has 2 aromatic rings. The number of hydrogen-bond acceptors (Lipinski definition) is 2. The van der Waals surface area contributed by atoms with Crippen molar-refractivity contribution >= 4 is 11.0 Å². The van der Waals surface area contributed by atoms with E-state index in [9.17, 15) is 13.2 Å². The van der Waals surface area contributed by atoms with E-state index in [4.69, 9.17) is 4.74 Å². The van der Waals surface area contributed by atoms with E-state index < -0.39 is 11.7 Å². The van der Waals surface area contributed by atoms with Gasteiger partial charge in [0.2, 0.25) is 0 Å². The number of hydrogen-bond donors (Lipinski definition) is 1. The number of aromatic nitrogens is 2. The standard InChI is InChI=1S/C12H13F3N2O/c1-7(2)18-6-11-16-9-4-3-8(12(13,14)15)5-10(9)17-11/h3-5,7H,6H2,1-2H3,(H,16,17). The lowest BCUT2D eigenvalue weighted by atomic mass is 10.2. The lowest BCUT2D eigenvalue weighted by Gasteiger charge is -2.05. The first-order valence-corrected chi connectivity index (χ1v) is 5.53. The monoisotopic (exact) mass is 258 g/mol. The van der Waals surface area contributed by atoms with Crippen LogP contribution in [0.25, 0.3) is 11.0 Å². The number of rotatable bonds is 3. The minimum absolute atomic E-state index is 0.0453. The van der Waals surface area contributed by atoms with Crippen molar-refractivity contribution in [3.05, 3.63) is 29.6 Å². The number of ether oxygens (including phenoxy) is 1. The first-order valence-electron chi connectivity index (χ1n) is 5.53. The first kappa shape index (κ1) is 12.9. The molecule has 0 atom stereocenters. The van der Waals surface area contributed by atoms with Crippen LogP contribution in [-0.4, -0.2) is 16.1 Å². The predicted molar refractivity (Wildman–Crippen MR) is 61.0 cm³/mol. The Kier molecular flexibility index (Phi) is 3.30. The summed E-state index contributed by atoms with van der Waals surface area (Å²) in [6.45, 7) is 4.02. The Hall–Kier alpha value is -1.56. The fraction of sp³-hybridized carbons (Fsp3) is 0.417. The molecule has 0 radical (unpaired) electrons. The summed E-state index contributed by atoms with van der Waals surface area (Å²) in [5.74, 6) is 0.526. The Morgan fingerprint density at radius 1 is 1.33 bits per heavy atom. The molecule has 0 aliphatic rings. The van der Waals surface area contributed by atoms with Gasteiger partial charge in [0.25, 0.3) is 0 Å². The lowest BCUT2D eigenvalue weighted by Crippen LogP contribution is -2.04. The van der Waals surface area contributed by atoms with Gasteiger partial charge in [-0.3, -0.25) is 0 Å². The topological polar surface area (TPSA) is 37.9 Å². The molecule has 98 valence electrons. The van der Waals surface area contributed by atoms with E-state index in [0.717, 1.165) is 12.1 Å². The Bertz CT molecular complexity index is 546. The Morgan fingerprint density at radius 2 is 2.06 bits per heavy atom. The number of aromatic amines is 1. The van der Waals surface area contributed by atoms with Crippen molar-refractivity contribution in [2.45, 2.75) is 32.7 Å². The molecule has 18 heavy (non-hydrogen) atoms. The van der Waals surface area contributed by atoms with Gasteiger partial charge in [0.15, 0.2) is 0 Å². The van der Waals surface area contributed by atoms with E-state index in [-0.39, 0.29) is 12.7 Å². The summed E-state index contributed by atoms with van der Waals surface area (Å²) in [5.41, 5.74) is 0.188. The van der Waals surface area contributed by atoms with Gasteiger partial charge in [0.1, 0.15) is 12.4 Å². The summed E-state index contributed by atoms with van der Waals surface area (Å²) in [5, 5.41) is 0. The van der Waals surface area contributed by atoms with E-state index in [1.165, 1.54) is 6.07 Å². The van der Waals surface area contributed by atoms with Crippen LogP contribution in [0.2, 0.25) is 0 Å². The number of halogens is 3. The number of nitrogens with one attached hydrogen (secondary N) is 1. The van der Waals surface area contributed by atoms with Crippen LogP contribution in [0.5, 0.6) is 0 Å². The number of alkyl halides is 3.